The fourth-order valence-corrected chi connectivity index (χ4v) is 2.52. The summed E-state index contributed by atoms with van der Waals surface area (Å²) in [7, 11) is 0. The normalized spacial score (nSPS) is 19.3. The minimum atomic E-state index is 0. The Hall–Kier alpha value is -0.930. The number of ether oxygens (including phenoxy) is 2. The Balaban J connectivity index is 0.00000120. The Morgan fingerprint density at radius 2 is 2.06 bits per heavy atom. The van der Waals surface area contributed by atoms with Crippen LogP contribution in [0.15, 0.2) is 18.2 Å². The van der Waals surface area contributed by atoms with E-state index in [0.29, 0.717) is 6.10 Å². The first-order valence-electron chi connectivity index (χ1n) is 6.55. The molecular formula is C14H20ClNO2. The summed E-state index contributed by atoms with van der Waals surface area (Å²) in [5.74, 6) is 2.04. The first-order chi connectivity index (χ1) is 8.42. The van der Waals surface area contributed by atoms with Crippen LogP contribution < -0.4 is 14.8 Å². The van der Waals surface area contributed by atoms with E-state index in [2.05, 4.69) is 11.4 Å². The second kappa shape index (κ2) is 6.30. The number of aryl methyl sites for hydroxylation is 1. The Bertz CT molecular complexity index is 391. The molecular weight excluding hydrogens is 250 g/mol. The lowest BCUT2D eigenvalue weighted by atomic mass is 10.1. The second-order valence-corrected chi connectivity index (χ2v) is 4.79. The van der Waals surface area contributed by atoms with Gasteiger partial charge < -0.3 is 14.8 Å². The van der Waals surface area contributed by atoms with Crippen molar-refractivity contribution in [3.05, 3.63) is 23.8 Å². The van der Waals surface area contributed by atoms with E-state index in [0.717, 1.165) is 56.9 Å². The maximum atomic E-state index is 6.03. The molecule has 1 fully saturated rings. The molecule has 0 bridgehead atoms. The predicted octanol–water partition coefficient (Wildman–Crippen LogP) is 2.56. The van der Waals surface area contributed by atoms with E-state index in [4.69, 9.17) is 9.47 Å². The number of hydrogen-bond acceptors (Lipinski definition) is 3. The Kier molecular flexibility index (Phi) is 4.72. The van der Waals surface area contributed by atoms with E-state index < -0.39 is 0 Å². The standard InChI is InChI=1S/C14H19NO2.ClH/c1-2-11-10-13(3-4-14(11)16-9-1)17-12-5-7-15-8-6-12;/h3-4,10,12,15H,1-2,5-9H2;1H. The number of nitrogens with one attached hydrogen (secondary N) is 1. The smallest absolute Gasteiger partial charge is 0.122 e. The van der Waals surface area contributed by atoms with Crippen molar-refractivity contribution in [1.82, 2.24) is 5.32 Å². The highest BCUT2D eigenvalue weighted by Gasteiger charge is 2.16. The number of piperidine rings is 1. The van der Waals surface area contributed by atoms with Gasteiger partial charge in [-0.15, -0.1) is 12.4 Å². The predicted molar refractivity (Wildman–Crippen MR) is 74.0 cm³/mol. The van der Waals surface area contributed by atoms with Crippen LogP contribution in [0.3, 0.4) is 0 Å². The van der Waals surface area contributed by atoms with Crippen molar-refractivity contribution < 1.29 is 9.47 Å². The van der Waals surface area contributed by atoms with Gasteiger partial charge in [-0.1, -0.05) is 0 Å². The molecule has 0 amide bonds. The highest BCUT2D eigenvalue weighted by atomic mass is 35.5. The summed E-state index contributed by atoms with van der Waals surface area (Å²) < 4.78 is 11.6. The van der Waals surface area contributed by atoms with Crippen LogP contribution in [0.25, 0.3) is 0 Å². The van der Waals surface area contributed by atoms with Crippen LogP contribution in [-0.2, 0) is 6.42 Å². The lowest BCUT2D eigenvalue weighted by molar-refractivity contribution is 0.162. The molecule has 4 heteroatoms. The summed E-state index contributed by atoms with van der Waals surface area (Å²) in [6, 6.07) is 6.23. The molecule has 1 aromatic carbocycles. The molecule has 1 N–H and O–H groups in total. The average Bonchev–Trinajstić information content (AvgIpc) is 2.40. The van der Waals surface area contributed by atoms with Crippen molar-refractivity contribution in [1.29, 1.82) is 0 Å². The van der Waals surface area contributed by atoms with Crippen molar-refractivity contribution in [2.75, 3.05) is 19.7 Å². The van der Waals surface area contributed by atoms with Crippen LogP contribution in [0.4, 0.5) is 0 Å². The number of hydrogen-bond donors (Lipinski definition) is 1. The minimum Gasteiger partial charge on any atom is -0.493 e. The molecule has 0 aromatic heterocycles. The molecule has 1 saturated heterocycles. The monoisotopic (exact) mass is 269 g/mol. The molecule has 0 unspecified atom stereocenters. The van der Waals surface area contributed by atoms with Gasteiger partial charge in [-0.2, -0.15) is 0 Å². The lowest BCUT2D eigenvalue weighted by Crippen LogP contribution is -2.34. The van der Waals surface area contributed by atoms with Crippen LogP contribution in [0.2, 0.25) is 0 Å². The highest BCUT2D eigenvalue weighted by molar-refractivity contribution is 5.85. The Morgan fingerprint density at radius 1 is 1.22 bits per heavy atom. The van der Waals surface area contributed by atoms with Gasteiger partial charge in [0, 0.05) is 0 Å². The van der Waals surface area contributed by atoms with E-state index in [1.165, 1.54) is 5.56 Å². The highest BCUT2D eigenvalue weighted by Crippen LogP contribution is 2.29. The van der Waals surface area contributed by atoms with Gasteiger partial charge in [0.05, 0.1) is 6.61 Å². The zero-order valence-corrected chi connectivity index (χ0v) is 11.3. The lowest BCUT2D eigenvalue weighted by Gasteiger charge is -2.25. The molecule has 18 heavy (non-hydrogen) atoms. The molecule has 2 aliphatic heterocycles. The fourth-order valence-electron chi connectivity index (χ4n) is 2.52. The van der Waals surface area contributed by atoms with Crippen LogP contribution in [0, 0.1) is 0 Å². The fraction of sp³-hybridized carbons (Fsp3) is 0.571. The molecule has 100 valence electrons. The Morgan fingerprint density at radius 3 is 2.89 bits per heavy atom. The third-order valence-corrected chi connectivity index (χ3v) is 3.47. The van der Waals surface area contributed by atoms with Crippen LogP contribution >= 0.6 is 12.4 Å². The van der Waals surface area contributed by atoms with E-state index in [-0.39, 0.29) is 12.4 Å². The third kappa shape index (κ3) is 3.09. The van der Waals surface area contributed by atoms with Gasteiger partial charge in [-0.3, -0.25) is 0 Å². The molecule has 0 radical (unpaired) electrons. The molecule has 0 saturated carbocycles. The number of benzene rings is 1. The van der Waals surface area contributed by atoms with Gasteiger partial charge in [0.1, 0.15) is 17.6 Å². The number of halogens is 1. The summed E-state index contributed by atoms with van der Waals surface area (Å²) in [6.45, 7) is 2.99. The first-order valence-corrected chi connectivity index (χ1v) is 6.55. The quantitative estimate of drug-likeness (QED) is 0.895. The molecule has 0 aliphatic carbocycles. The van der Waals surface area contributed by atoms with Gasteiger partial charge in [0.15, 0.2) is 0 Å². The van der Waals surface area contributed by atoms with Crippen molar-refractivity contribution >= 4 is 12.4 Å². The minimum absolute atomic E-state index is 0. The molecule has 0 atom stereocenters. The summed E-state index contributed by atoms with van der Waals surface area (Å²) in [5, 5.41) is 3.35. The zero-order valence-electron chi connectivity index (χ0n) is 10.5. The van der Waals surface area contributed by atoms with Gasteiger partial charge >= 0.3 is 0 Å². The SMILES string of the molecule is Cl.c1cc2c(cc1OC1CCNCC1)CCCO2. The zero-order chi connectivity index (χ0) is 11.5. The van der Waals surface area contributed by atoms with E-state index in [9.17, 15) is 0 Å². The van der Waals surface area contributed by atoms with Crippen LogP contribution in [-0.4, -0.2) is 25.8 Å². The summed E-state index contributed by atoms with van der Waals surface area (Å²) in [5.41, 5.74) is 1.29. The van der Waals surface area contributed by atoms with Crippen molar-refractivity contribution in [3.8, 4) is 11.5 Å². The van der Waals surface area contributed by atoms with Gasteiger partial charge in [-0.05, 0) is 62.5 Å². The van der Waals surface area contributed by atoms with Gasteiger partial charge in [0.2, 0.25) is 0 Å². The maximum Gasteiger partial charge on any atom is 0.122 e. The first kappa shape index (κ1) is 13.5. The second-order valence-electron chi connectivity index (χ2n) is 4.79. The third-order valence-electron chi connectivity index (χ3n) is 3.47. The largest absolute Gasteiger partial charge is 0.493 e. The van der Waals surface area contributed by atoms with Crippen LogP contribution in [0.1, 0.15) is 24.8 Å². The number of fused-ring (bicyclic) bond motifs is 1. The van der Waals surface area contributed by atoms with Gasteiger partial charge in [-0.25, -0.2) is 0 Å². The molecule has 1 aromatic rings. The molecule has 2 heterocycles. The summed E-state index contributed by atoms with van der Waals surface area (Å²) >= 11 is 0. The average molecular weight is 270 g/mol. The van der Waals surface area contributed by atoms with Crippen molar-refractivity contribution in [2.45, 2.75) is 31.8 Å². The topological polar surface area (TPSA) is 30.5 Å². The molecule has 0 spiro atoms. The summed E-state index contributed by atoms with van der Waals surface area (Å²) in [4.78, 5) is 0. The molecule has 3 nitrogen and oxygen atoms in total. The van der Waals surface area contributed by atoms with Crippen molar-refractivity contribution in [2.24, 2.45) is 0 Å². The van der Waals surface area contributed by atoms with E-state index in [1.807, 2.05) is 12.1 Å². The van der Waals surface area contributed by atoms with E-state index in [1.54, 1.807) is 0 Å². The van der Waals surface area contributed by atoms with Gasteiger partial charge in [0.25, 0.3) is 0 Å². The molecule has 3 rings (SSSR count). The van der Waals surface area contributed by atoms with E-state index >= 15 is 0 Å². The van der Waals surface area contributed by atoms with Crippen molar-refractivity contribution in [3.63, 3.8) is 0 Å². The van der Waals surface area contributed by atoms with Crippen LogP contribution in [0.5, 0.6) is 11.5 Å². The maximum absolute atomic E-state index is 6.03. The summed E-state index contributed by atoms with van der Waals surface area (Å²) in [6.07, 6.45) is 4.81. The Labute approximate surface area is 114 Å². The number of rotatable bonds is 2. The molecule has 2 aliphatic rings.